The molecule has 19 heavy (non-hydrogen) atoms. The van der Waals surface area contributed by atoms with Gasteiger partial charge in [0, 0.05) is 18.2 Å². The minimum absolute atomic E-state index is 0. The Hall–Kier alpha value is 0.1000. The molecule has 0 aliphatic carbocycles. The fourth-order valence-corrected chi connectivity index (χ4v) is 2.24. The molecule has 7 heteroatoms. The predicted molar refractivity (Wildman–Crippen MR) is 83.3 cm³/mol. The standard InChI is InChI=1S/C12H16Cl3NO2.ClH/c1-3-17-5-4-16-8(2)18-12-10(14)6-9(13)7-11(12)15;/h6-8,16H,3-5H2,1-2H3;1H. The molecular formula is C12H17Cl4NO2. The maximum Gasteiger partial charge on any atom is 0.158 e. The number of benzene rings is 1. The first kappa shape index (κ1) is 19.1. The number of halogens is 4. The highest BCUT2D eigenvalue weighted by Crippen LogP contribution is 2.36. The van der Waals surface area contributed by atoms with Crippen molar-refractivity contribution in [3.8, 4) is 5.75 Å². The van der Waals surface area contributed by atoms with Crippen LogP contribution in [0.3, 0.4) is 0 Å². The normalized spacial score (nSPS) is 11.8. The number of hydrogen-bond acceptors (Lipinski definition) is 3. The molecule has 0 aliphatic heterocycles. The van der Waals surface area contributed by atoms with Crippen LogP contribution in [0.4, 0.5) is 0 Å². The van der Waals surface area contributed by atoms with Crippen LogP contribution in [0, 0.1) is 0 Å². The number of hydrogen-bond donors (Lipinski definition) is 1. The molecule has 1 atom stereocenters. The molecule has 1 N–H and O–H groups in total. The fourth-order valence-electron chi connectivity index (χ4n) is 1.34. The van der Waals surface area contributed by atoms with E-state index < -0.39 is 0 Å². The van der Waals surface area contributed by atoms with E-state index in [9.17, 15) is 0 Å². The van der Waals surface area contributed by atoms with E-state index in [0.29, 0.717) is 40.6 Å². The van der Waals surface area contributed by atoms with Gasteiger partial charge < -0.3 is 9.47 Å². The number of rotatable bonds is 7. The van der Waals surface area contributed by atoms with Crippen LogP contribution in [0.2, 0.25) is 15.1 Å². The Bertz CT molecular complexity index is 367. The molecule has 110 valence electrons. The first-order chi connectivity index (χ1) is 8.54. The quantitative estimate of drug-likeness (QED) is 0.584. The molecule has 3 nitrogen and oxygen atoms in total. The van der Waals surface area contributed by atoms with Gasteiger partial charge >= 0.3 is 0 Å². The van der Waals surface area contributed by atoms with E-state index >= 15 is 0 Å². The average Bonchev–Trinajstić information content (AvgIpc) is 2.29. The second-order valence-electron chi connectivity index (χ2n) is 3.61. The van der Waals surface area contributed by atoms with Crippen LogP contribution in [-0.2, 0) is 4.74 Å². The molecule has 1 aromatic rings. The van der Waals surface area contributed by atoms with Gasteiger partial charge in [-0.25, -0.2) is 0 Å². The fraction of sp³-hybridized carbons (Fsp3) is 0.500. The van der Waals surface area contributed by atoms with Crippen molar-refractivity contribution < 1.29 is 9.47 Å². The zero-order valence-electron chi connectivity index (χ0n) is 10.7. The van der Waals surface area contributed by atoms with Crippen molar-refractivity contribution in [2.75, 3.05) is 19.8 Å². The lowest BCUT2D eigenvalue weighted by molar-refractivity contribution is 0.124. The monoisotopic (exact) mass is 347 g/mol. The third-order valence-electron chi connectivity index (χ3n) is 2.14. The van der Waals surface area contributed by atoms with E-state index in [2.05, 4.69) is 5.32 Å². The van der Waals surface area contributed by atoms with Crippen LogP contribution in [0.1, 0.15) is 13.8 Å². The maximum absolute atomic E-state index is 6.02. The molecule has 0 aromatic heterocycles. The third kappa shape index (κ3) is 6.89. The minimum atomic E-state index is -0.221. The lowest BCUT2D eigenvalue weighted by Gasteiger charge is -2.18. The second kappa shape index (κ2) is 9.92. The summed E-state index contributed by atoms with van der Waals surface area (Å²) in [5.41, 5.74) is 0. The van der Waals surface area contributed by atoms with E-state index in [1.165, 1.54) is 0 Å². The van der Waals surface area contributed by atoms with Gasteiger partial charge in [0.15, 0.2) is 5.75 Å². The van der Waals surface area contributed by atoms with Crippen LogP contribution in [0.15, 0.2) is 12.1 Å². The number of nitrogens with one attached hydrogen (secondary N) is 1. The zero-order chi connectivity index (χ0) is 13.5. The first-order valence-corrected chi connectivity index (χ1v) is 6.80. The second-order valence-corrected chi connectivity index (χ2v) is 4.86. The van der Waals surface area contributed by atoms with Crippen LogP contribution >= 0.6 is 47.2 Å². The lowest BCUT2D eigenvalue weighted by Crippen LogP contribution is -2.34. The summed E-state index contributed by atoms with van der Waals surface area (Å²) < 4.78 is 10.8. The Morgan fingerprint density at radius 3 is 2.32 bits per heavy atom. The Kier molecular flexibility index (Phi) is 9.97. The van der Waals surface area contributed by atoms with Crippen molar-refractivity contribution in [3.05, 3.63) is 27.2 Å². The van der Waals surface area contributed by atoms with Gasteiger partial charge in [0.2, 0.25) is 0 Å². The topological polar surface area (TPSA) is 30.5 Å². The molecule has 0 spiro atoms. The summed E-state index contributed by atoms with van der Waals surface area (Å²) in [6.07, 6.45) is -0.221. The van der Waals surface area contributed by atoms with Gasteiger partial charge in [-0.15, -0.1) is 12.4 Å². The molecular weight excluding hydrogens is 332 g/mol. The van der Waals surface area contributed by atoms with Crippen molar-refractivity contribution in [1.29, 1.82) is 0 Å². The van der Waals surface area contributed by atoms with Crippen LogP contribution < -0.4 is 10.1 Å². The first-order valence-electron chi connectivity index (χ1n) is 5.67. The van der Waals surface area contributed by atoms with Gasteiger partial charge in [-0.3, -0.25) is 5.32 Å². The van der Waals surface area contributed by atoms with Gasteiger partial charge in [-0.05, 0) is 26.0 Å². The highest BCUT2D eigenvalue weighted by molar-refractivity contribution is 6.40. The molecule has 1 aromatic carbocycles. The highest BCUT2D eigenvalue weighted by atomic mass is 35.5. The van der Waals surface area contributed by atoms with Gasteiger partial charge in [0.1, 0.15) is 6.23 Å². The largest absolute Gasteiger partial charge is 0.473 e. The number of ether oxygens (including phenoxy) is 2. The summed E-state index contributed by atoms with van der Waals surface area (Å²) in [6.45, 7) is 5.84. The molecule has 0 aliphatic rings. The Morgan fingerprint density at radius 1 is 1.21 bits per heavy atom. The molecule has 1 rings (SSSR count). The van der Waals surface area contributed by atoms with Crippen LogP contribution in [-0.4, -0.2) is 26.0 Å². The summed E-state index contributed by atoms with van der Waals surface area (Å²) in [6, 6.07) is 3.19. The van der Waals surface area contributed by atoms with Gasteiger partial charge in [-0.2, -0.15) is 0 Å². The summed E-state index contributed by atoms with van der Waals surface area (Å²) in [5, 5.41) is 4.41. The average molecular weight is 349 g/mol. The van der Waals surface area contributed by atoms with E-state index in [-0.39, 0.29) is 18.6 Å². The van der Waals surface area contributed by atoms with Crippen molar-refractivity contribution in [2.45, 2.75) is 20.1 Å². The molecule has 0 heterocycles. The Morgan fingerprint density at radius 2 is 1.79 bits per heavy atom. The smallest absolute Gasteiger partial charge is 0.158 e. The zero-order valence-corrected chi connectivity index (χ0v) is 13.8. The Balaban J connectivity index is 0.00000324. The molecule has 0 amide bonds. The molecule has 0 saturated heterocycles. The van der Waals surface area contributed by atoms with Crippen molar-refractivity contribution in [2.24, 2.45) is 0 Å². The highest BCUT2D eigenvalue weighted by Gasteiger charge is 2.12. The summed E-state index contributed by atoms with van der Waals surface area (Å²) in [4.78, 5) is 0. The van der Waals surface area contributed by atoms with E-state index in [0.717, 1.165) is 0 Å². The molecule has 0 fully saturated rings. The van der Waals surface area contributed by atoms with E-state index in [1.54, 1.807) is 12.1 Å². The molecule has 0 saturated carbocycles. The Labute approximate surface area is 134 Å². The van der Waals surface area contributed by atoms with E-state index in [4.69, 9.17) is 44.3 Å². The van der Waals surface area contributed by atoms with Crippen LogP contribution in [0.25, 0.3) is 0 Å². The summed E-state index contributed by atoms with van der Waals surface area (Å²) >= 11 is 17.9. The maximum atomic E-state index is 6.02. The SMILES string of the molecule is CCOCCNC(C)Oc1c(Cl)cc(Cl)cc1Cl.Cl. The molecule has 1 unspecified atom stereocenters. The van der Waals surface area contributed by atoms with Crippen molar-refractivity contribution in [1.82, 2.24) is 5.32 Å². The van der Waals surface area contributed by atoms with Gasteiger partial charge in [0.05, 0.1) is 16.7 Å². The lowest BCUT2D eigenvalue weighted by atomic mass is 10.3. The minimum Gasteiger partial charge on any atom is -0.473 e. The third-order valence-corrected chi connectivity index (χ3v) is 2.92. The van der Waals surface area contributed by atoms with Crippen LogP contribution in [0.5, 0.6) is 5.75 Å². The van der Waals surface area contributed by atoms with Crippen molar-refractivity contribution in [3.63, 3.8) is 0 Å². The predicted octanol–water partition coefficient (Wildman–Crippen LogP) is 4.42. The van der Waals surface area contributed by atoms with E-state index in [1.807, 2.05) is 13.8 Å². The van der Waals surface area contributed by atoms with Gasteiger partial charge in [0.25, 0.3) is 0 Å². The summed E-state index contributed by atoms with van der Waals surface area (Å²) in [5.74, 6) is 0.430. The van der Waals surface area contributed by atoms with Crippen molar-refractivity contribution >= 4 is 47.2 Å². The molecule has 0 bridgehead atoms. The molecule has 0 radical (unpaired) electrons. The summed E-state index contributed by atoms with van der Waals surface area (Å²) in [7, 11) is 0. The van der Waals surface area contributed by atoms with Gasteiger partial charge in [-0.1, -0.05) is 34.8 Å².